The molecule has 186 valence electrons. The van der Waals surface area contributed by atoms with Gasteiger partial charge in [-0.2, -0.15) is 0 Å². The normalized spacial score (nSPS) is 10.4. The zero-order valence-electron chi connectivity index (χ0n) is 22.9. The van der Waals surface area contributed by atoms with E-state index >= 15 is 0 Å². The third-order valence-corrected chi connectivity index (χ3v) is 4.78. The Balaban J connectivity index is 0.00000150. The molecule has 0 amide bonds. The summed E-state index contributed by atoms with van der Waals surface area (Å²) in [7, 11) is 1.64. The van der Waals surface area contributed by atoms with Gasteiger partial charge in [-0.25, -0.2) is 0 Å². The summed E-state index contributed by atoms with van der Waals surface area (Å²) in [4.78, 5) is 8.19. The highest BCUT2D eigenvalue weighted by atomic mass is 14.7. The molecule has 0 heterocycles. The lowest BCUT2D eigenvalue weighted by Crippen LogP contribution is -2.06. The Kier molecular flexibility index (Phi) is 17.9. The molecule has 0 radical (unpaired) electrons. The quantitative estimate of drug-likeness (QED) is 0.243. The molecule has 2 nitrogen and oxygen atoms in total. The lowest BCUT2D eigenvalue weighted by atomic mass is 9.92. The van der Waals surface area contributed by atoms with Crippen molar-refractivity contribution in [2.75, 3.05) is 13.6 Å². The molecule has 0 aliphatic carbocycles. The first kappa shape index (κ1) is 31.5. The van der Waals surface area contributed by atoms with Gasteiger partial charge in [-0.3, -0.25) is 4.99 Å². The second-order valence-corrected chi connectivity index (χ2v) is 6.98. The Morgan fingerprint density at radius 3 is 1.86 bits per heavy atom. The first-order valence-corrected chi connectivity index (χ1v) is 12.6. The molecule has 0 saturated heterocycles. The molecule has 0 N–H and O–H groups in total. The fourth-order valence-electron chi connectivity index (χ4n) is 3.34. The van der Waals surface area contributed by atoms with E-state index in [0.29, 0.717) is 0 Å². The smallest absolute Gasteiger partial charge is 0.0725 e. The minimum Gasteiger partial charge on any atom is -0.304 e. The highest BCUT2D eigenvalue weighted by Gasteiger charge is 2.12. The average Bonchev–Trinajstić information content (AvgIpc) is 2.94. The van der Waals surface area contributed by atoms with Crippen molar-refractivity contribution in [1.29, 1.82) is 0 Å². The van der Waals surface area contributed by atoms with E-state index in [2.05, 4.69) is 104 Å². The summed E-state index contributed by atoms with van der Waals surface area (Å²) in [6.07, 6.45) is 5.01. The van der Waals surface area contributed by atoms with Crippen molar-refractivity contribution in [1.82, 2.24) is 0 Å². The molecule has 0 atom stereocenters. The van der Waals surface area contributed by atoms with Gasteiger partial charge in [-0.05, 0) is 42.3 Å². The van der Waals surface area contributed by atoms with Crippen molar-refractivity contribution in [3.8, 4) is 11.1 Å². The molecule has 0 aliphatic heterocycles. The Bertz CT molecular complexity index is 1030. The molecule has 0 saturated carbocycles. The molecule has 3 rings (SSSR count). The van der Waals surface area contributed by atoms with Crippen molar-refractivity contribution < 1.29 is 0 Å². The second-order valence-electron chi connectivity index (χ2n) is 6.98. The molecule has 0 aromatic heterocycles. The number of hydrogen-bond acceptors (Lipinski definition) is 2. The second kappa shape index (κ2) is 19.9. The molecule has 2 heteroatoms. The van der Waals surface area contributed by atoms with E-state index < -0.39 is 0 Å². The molecule has 3 aromatic rings. The van der Waals surface area contributed by atoms with Crippen LogP contribution in [-0.2, 0) is 0 Å². The van der Waals surface area contributed by atoms with Gasteiger partial charge in [0.1, 0.15) is 0 Å². The largest absolute Gasteiger partial charge is 0.304 e. The van der Waals surface area contributed by atoms with Crippen LogP contribution in [-0.4, -0.2) is 26.0 Å². The van der Waals surface area contributed by atoms with Crippen molar-refractivity contribution in [2.45, 2.75) is 48.0 Å². The van der Waals surface area contributed by atoms with Crippen LogP contribution < -0.4 is 0 Å². The van der Waals surface area contributed by atoms with E-state index in [1.165, 1.54) is 22.3 Å². The van der Waals surface area contributed by atoms with Gasteiger partial charge in [0, 0.05) is 24.7 Å². The van der Waals surface area contributed by atoms with Gasteiger partial charge in [0.15, 0.2) is 0 Å². The molecular formula is C33H44N2. The molecular weight excluding hydrogens is 424 g/mol. The van der Waals surface area contributed by atoms with Crippen LogP contribution in [0.1, 0.15) is 64.7 Å². The lowest BCUT2D eigenvalue weighted by molar-refractivity contribution is 0.933. The van der Waals surface area contributed by atoms with Gasteiger partial charge in [0.05, 0.1) is 5.71 Å². The maximum Gasteiger partial charge on any atom is 0.0725 e. The maximum absolute atomic E-state index is 4.94. The van der Waals surface area contributed by atoms with E-state index in [1.807, 2.05) is 46.8 Å². The fraction of sp³-hybridized carbons (Fsp3) is 0.273. The van der Waals surface area contributed by atoms with Gasteiger partial charge in [0.25, 0.3) is 0 Å². The SMILES string of the molecule is C=C/C(=C\C)c1ccc(-c2ccccc2C(=NCCC)c2ccccc2)cc1.C=NC.CC.CC. The van der Waals surface area contributed by atoms with Gasteiger partial charge < -0.3 is 4.99 Å². The van der Waals surface area contributed by atoms with Gasteiger partial charge >= 0.3 is 0 Å². The van der Waals surface area contributed by atoms with Crippen LogP contribution in [0.15, 0.2) is 108 Å². The number of benzene rings is 3. The number of hydrogen-bond donors (Lipinski definition) is 0. The van der Waals surface area contributed by atoms with Crippen LogP contribution in [0, 0.1) is 0 Å². The molecule has 0 spiro atoms. The Hall–Kier alpha value is -3.52. The molecule has 0 aliphatic rings. The van der Waals surface area contributed by atoms with Crippen LogP contribution in [0.25, 0.3) is 16.7 Å². The van der Waals surface area contributed by atoms with Crippen LogP contribution >= 0.6 is 0 Å². The van der Waals surface area contributed by atoms with Crippen LogP contribution in [0.4, 0.5) is 0 Å². The van der Waals surface area contributed by atoms with E-state index in [0.717, 1.165) is 29.8 Å². The third-order valence-electron chi connectivity index (χ3n) is 4.78. The summed E-state index contributed by atoms with van der Waals surface area (Å²) in [5.41, 5.74) is 8.11. The highest BCUT2D eigenvalue weighted by molar-refractivity contribution is 6.16. The fourth-order valence-corrected chi connectivity index (χ4v) is 3.34. The van der Waals surface area contributed by atoms with E-state index in [1.54, 1.807) is 7.05 Å². The van der Waals surface area contributed by atoms with E-state index in [4.69, 9.17) is 4.99 Å². The van der Waals surface area contributed by atoms with Crippen molar-refractivity contribution in [3.05, 3.63) is 114 Å². The van der Waals surface area contributed by atoms with Crippen molar-refractivity contribution in [3.63, 3.8) is 0 Å². The first-order chi connectivity index (χ1) is 17.2. The molecule has 0 fully saturated rings. The Morgan fingerprint density at radius 2 is 1.34 bits per heavy atom. The standard InChI is InChI=1S/C27H27N.C2H5N.2C2H6/c1-4-20-28-27(24-12-8-7-9-13-24)26-15-11-10-14-25(26)23-18-16-22(17-19-23)21(5-2)6-3;1-3-2;2*1-2/h5-19H,2,4,20H2,1,3H3;1H2,2H3;2*1-2H3/b21-6+,28-27?;;;. The zero-order chi connectivity index (χ0) is 26.5. The predicted octanol–water partition coefficient (Wildman–Crippen LogP) is 9.56. The van der Waals surface area contributed by atoms with Gasteiger partial charge in [0.2, 0.25) is 0 Å². The average molecular weight is 469 g/mol. The van der Waals surface area contributed by atoms with Gasteiger partial charge in [-0.15, -0.1) is 0 Å². The molecule has 0 unspecified atom stereocenters. The maximum atomic E-state index is 4.94. The zero-order valence-corrected chi connectivity index (χ0v) is 22.9. The van der Waals surface area contributed by atoms with Crippen LogP contribution in [0.2, 0.25) is 0 Å². The molecule has 3 aromatic carbocycles. The third kappa shape index (κ3) is 10.1. The van der Waals surface area contributed by atoms with Crippen LogP contribution in [0.3, 0.4) is 0 Å². The van der Waals surface area contributed by atoms with Crippen LogP contribution in [0.5, 0.6) is 0 Å². The summed E-state index contributed by atoms with van der Waals surface area (Å²) in [6.45, 7) is 20.0. The minimum atomic E-state index is 0.821. The van der Waals surface area contributed by atoms with E-state index in [9.17, 15) is 0 Å². The van der Waals surface area contributed by atoms with Crippen molar-refractivity contribution >= 4 is 18.0 Å². The summed E-state index contributed by atoms with van der Waals surface area (Å²) >= 11 is 0. The molecule has 0 bridgehead atoms. The Morgan fingerprint density at radius 1 is 0.800 bits per heavy atom. The predicted molar refractivity (Wildman–Crippen MR) is 161 cm³/mol. The molecule has 35 heavy (non-hydrogen) atoms. The summed E-state index contributed by atoms with van der Waals surface area (Å²) in [6, 6.07) is 27.7. The lowest BCUT2D eigenvalue weighted by Gasteiger charge is -2.14. The van der Waals surface area contributed by atoms with Crippen molar-refractivity contribution in [2.24, 2.45) is 9.98 Å². The minimum absolute atomic E-state index is 0.821. The number of aliphatic imine (C=N–C) groups is 2. The first-order valence-electron chi connectivity index (χ1n) is 12.6. The topological polar surface area (TPSA) is 24.7 Å². The Labute approximate surface area is 214 Å². The summed E-state index contributed by atoms with van der Waals surface area (Å²) in [5.74, 6) is 0. The number of allylic oxidation sites excluding steroid dienone is 3. The highest BCUT2D eigenvalue weighted by Crippen LogP contribution is 2.28. The number of nitrogens with zero attached hydrogens (tertiary/aromatic N) is 2. The summed E-state index contributed by atoms with van der Waals surface area (Å²) < 4.78 is 0. The monoisotopic (exact) mass is 468 g/mol. The van der Waals surface area contributed by atoms with Gasteiger partial charge in [-0.1, -0.05) is 132 Å². The summed E-state index contributed by atoms with van der Waals surface area (Å²) in [5, 5.41) is 0. The number of rotatable bonds is 7. The van der Waals surface area contributed by atoms with E-state index in [-0.39, 0.29) is 0 Å².